The number of rotatable bonds is 4. The van der Waals surface area contributed by atoms with E-state index < -0.39 is 17.6 Å². The number of carboxylic acid groups (broad SMARTS) is 1. The number of carbonyl (C=O) groups is 1. The Hall–Kier alpha value is -2.50. The molecule has 0 radical (unpaired) electrons. The van der Waals surface area contributed by atoms with E-state index in [9.17, 15) is 13.6 Å². The largest absolute Gasteiger partial charge is 0.478 e. The number of benzene rings is 1. The third-order valence-corrected chi connectivity index (χ3v) is 2.48. The van der Waals surface area contributed by atoms with Crippen molar-refractivity contribution in [3.63, 3.8) is 0 Å². The van der Waals surface area contributed by atoms with Gasteiger partial charge in [-0.3, -0.25) is 4.98 Å². The summed E-state index contributed by atoms with van der Waals surface area (Å²) in [5, 5.41) is 11.4. The van der Waals surface area contributed by atoms with Crippen molar-refractivity contribution in [1.29, 1.82) is 0 Å². The highest BCUT2D eigenvalue weighted by Crippen LogP contribution is 2.17. The molecule has 1 heterocycles. The van der Waals surface area contributed by atoms with E-state index in [0.29, 0.717) is 5.69 Å². The van der Waals surface area contributed by atoms with E-state index in [2.05, 4.69) is 10.3 Å². The minimum atomic E-state index is -1.07. The van der Waals surface area contributed by atoms with Gasteiger partial charge in [0.05, 0.1) is 23.5 Å². The fourth-order valence-corrected chi connectivity index (χ4v) is 1.48. The maximum atomic E-state index is 13.3. The summed E-state index contributed by atoms with van der Waals surface area (Å²) in [5.41, 5.74) is 0.624. The fraction of sp³-hybridized carbons (Fsp3) is 0.0769. The van der Waals surface area contributed by atoms with E-state index in [0.717, 1.165) is 6.07 Å². The fourth-order valence-electron chi connectivity index (χ4n) is 1.48. The molecule has 0 atom stereocenters. The first-order valence-electron chi connectivity index (χ1n) is 5.44. The number of aromatic nitrogens is 1. The molecule has 1 aromatic carbocycles. The number of aromatic carboxylic acids is 1. The Labute approximate surface area is 107 Å². The van der Waals surface area contributed by atoms with Crippen LogP contribution in [0.1, 0.15) is 16.1 Å². The van der Waals surface area contributed by atoms with Gasteiger partial charge in [-0.1, -0.05) is 6.07 Å². The summed E-state index contributed by atoms with van der Waals surface area (Å²) < 4.78 is 26.3. The zero-order valence-corrected chi connectivity index (χ0v) is 9.73. The first kappa shape index (κ1) is 12.9. The quantitative estimate of drug-likeness (QED) is 0.891. The molecule has 0 aliphatic carbocycles. The monoisotopic (exact) mass is 264 g/mol. The predicted octanol–water partition coefficient (Wildman–Crippen LogP) is 2.67. The van der Waals surface area contributed by atoms with Crippen molar-refractivity contribution in [2.45, 2.75) is 6.54 Å². The molecule has 0 amide bonds. The summed E-state index contributed by atoms with van der Waals surface area (Å²) in [7, 11) is 0. The van der Waals surface area contributed by atoms with Crippen molar-refractivity contribution < 1.29 is 18.7 Å². The van der Waals surface area contributed by atoms with Crippen molar-refractivity contribution >= 4 is 11.7 Å². The number of anilines is 1. The van der Waals surface area contributed by atoms with Gasteiger partial charge in [0.15, 0.2) is 11.6 Å². The van der Waals surface area contributed by atoms with E-state index in [1.807, 2.05) is 0 Å². The van der Waals surface area contributed by atoms with Crippen LogP contribution in [0.15, 0.2) is 36.5 Å². The average molecular weight is 264 g/mol. The number of carboxylic acids is 1. The molecule has 0 fully saturated rings. The maximum Gasteiger partial charge on any atom is 0.337 e. The van der Waals surface area contributed by atoms with Crippen LogP contribution >= 0.6 is 0 Å². The van der Waals surface area contributed by atoms with Crippen molar-refractivity contribution in [3.8, 4) is 0 Å². The summed E-state index contributed by atoms with van der Waals surface area (Å²) in [6, 6.07) is 6.73. The van der Waals surface area contributed by atoms with Crippen molar-refractivity contribution in [3.05, 3.63) is 59.4 Å². The molecule has 0 bridgehead atoms. The lowest BCUT2D eigenvalue weighted by atomic mass is 10.2. The Morgan fingerprint density at radius 3 is 2.68 bits per heavy atom. The molecule has 2 N–H and O–H groups in total. The highest BCUT2D eigenvalue weighted by Gasteiger charge is 2.07. The zero-order chi connectivity index (χ0) is 13.8. The molecule has 0 spiro atoms. The molecule has 2 aromatic rings. The highest BCUT2D eigenvalue weighted by atomic mass is 19.2. The van der Waals surface area contributed by atoms with Gasteiger partial charge in [-0.2, -0.15) is 0 Å². The van der Waals surface area contributed by atoms with Gasteiger partial charge in [-0.25, -0.2) is 13.6 Å². The molecule has 0 saturated heterocycles. The van der Waals surface area contributed by atoms with Gasteiger partial charge in [0, 0.05) is 6.20 Å². The van der Waals surface area contributed by atoms with Crippen LogP contribution in [0.4, 0.5) is 14.5 Å². The topological polar surface area (TPSA) is 62.2 Å². The van der Waals surface area contributed by atoms with Crippen LogP contribution in [0.2, 0.25) is 0 Å². The highest BCUT2D eigenvalue weighted by molar-refractivity contribution is 5.87. The Balaban J connectivity index is 2.06. The Bertz CT molecular complexity index is 600. The minimum Gasteiger partial charge on any atom is -0.478 e. The van der Waals surface area contributed by atoms with Crippen LogP contribution in [-0.4, -0.2) is 16.1 Å². The van der Waals surface area contributed by atoms with Crippen molar-refractivity contribution in [1.82, 2.24) is 4.98 Å². The van der Waals surface area contributed by atoms with Gasteiger partial charge in [0.1, 0.15) is 0 Å². The van der Waals surface area contributed by atoms with Crippen LogP contribution in [0.3, 0.4) is 0 Å². The second-order valence-corrected chi connectivity index (χ2v) is 3.80. The van der Waals surface area contributed by atoms with Gasteiger partial charge in [0.25, 0.3) is 0 Å². The summed E-state index contributed by atoms with van der Waals surface area (Å²) in [6.07, 6.45) is 1.21. The molecular formula is C13H10F2N2O2. The summed E-state index contributed by atoms with van der Waals surface area (Å²) in [6.45, 7) is 0.167. The van der Waals surface area contributed by atoms with Crippen LogP contribution in [0.25, 0.3) is 0 Å². The molecular weight excluding hydrogens is 254 g/mol. The van der Waals surface area contributed by atoms with Crippen LogP contribution in [0.5, 0.6) is 0 Å². The molecule has 0 aliphatic heterocycles. The number of nitrogens with zero attached hydrogens (tertiary/aromatic N) is 1. The summed E-state index contributed by atoms with van der Waals surface area (Å²) in [5.74, 6) is -2.95. The van der Waals surface area contributed by atoms with Crippen LogP contribution < -0.4 is 5.32 Å². The molecule has 0 aliphatic rings. The lowest BCUT2D eigenvalue weighted by molar-refractivity contribution is 0.0696. The smallest absolute Gasteiger partial charge is 0.337 e. The molecule has 1 aromatic heterocycles. The minimum absolute atomic E-state index is 0.0316. The molecule has 4 nitrogen and oxygen atoms in total. The number of hydrogen-bond acceptors (Lipinski definition) is 3. The van der Waals surface area contributed by atoms with E-state index >= 15 is 0 Å². The molecule has 2 rings (SSSR count). The molecule has 98 valence electrons. The maximum absolute atomic E-state index is 13.3. The lowest BCUT2D eigenvalue weighted by Crippen LogP contribution is -2.05. The van der Waals surface area contributed by atoms with Gasteiger partial charge < -0.3 is 10.4 Å². The SMILES string of the molecule is O=C(O)c1ccc(CNc2cccc(F)c2F)nc1. The van der Waals surface area contributed by atoms with E-state index in [-0.39, 0.29) is 17.8 Å². The number of nitrogens with one attached hydrogen (secondary N) is 1. The summed E-state index contributed by atoms with van der Waals surface area (Å²) in [4.78, 5) is 14.5. The van der Waals surface area contributed by atoms with E-state index in [4.69, 9.17) is 5.11 Å². The number of pyridine rings is 1. The first-order valence-corrected chi connectivity index (χ1v) is 5.44. The second kappa shape index (κ2) is 5.43. The molecule has 0 saturated carbocycles. The van der Waals surface area contributed by atoms with Crippen LogP contribution in [-0.2, 0) is 6.54 Å². The van der Waals surface area contributed by atoms with Crippen molar-refractivity contribution in [2.24, 2.45) is 0 Å². The Morgan fingerprint density at radius 1 is 1.26 bits per heavy atom. The normalized spacial score (nSPS) is 10.2. The zero-order valence-electron chi connectivity index (χ0n) is 9.73. The van der Waals surface area contributed by atoms with Gasteiger partial charge in [-0.15, -0.1) is 0 Å². The molecule has 0 unspecified atom stereocenters. The van der Waals surface area contributed by atoms with Gasteiger partial charge in [-0.05, 0) is 24.3 Å². The first-order chi connectivity index (χ1) is 9.08. The number of halogens is 2. The van der Waals surface area contributed by atoms with Gasteiger partial charge >= 0.3 is 5.97 Å². The van der Waals surface area contributed by atoms with Crippen molar-refractivity contribution in [2.75, 3.05) is 5.32 Å². The van der Waals surface area contributed by atoms with E-state index in [1.54, 1.807) is 0 Å². The van der Waals surface area contributed by atoms with E-state index in [1.165, 1.54) is 30.5 Å². The lowest BCUT2D eigenvalue weighted by Gasteiger charge is -2.07. The third kappa shape index (κ3) is 3.04. The third-order valence-electron chi connectivity index (χ3n) is 2.48. The Kier molecular flexibility index (Phi) is 3.70. The van der Waals surface area contributed by atoms with Gasteiger partial charge in [0.2, 0.25) is 0 Å². The number of hydrogen-bond donors (Lipinski definition) is 2. The Morgan fingerprint density at radius 2 is 2.05 bits per heavy atom. The molecule has 19 heavy (non-hydrogen) atoms. The predicted molar refractivity (Wildman–Crippen MR) is 64.9 cm³/mol. The standard InChI is InChI=1S/C13H10F2N2O2/c14-10-2-1-3-11(12(10)15)17-7-9-5-4-8(6-16-9)13(18)19/h1-6,17H,7H2,(H,18,19). The summed E-state index contributed by atoms with van der Waals surface area (Å²) >= 11 is 0. The second-order valence-electron chi connectivity index (χ2n) is 3.80. The average Bonchev–Trinajstić information content (AvgIpc) is 2.41. The molecule has 6 heteroatoms. The van der Waals surface area contributed by atoms with Crippen LogP contribution in [0, 0.1) is 11.6 Å².